The molecular weight excluding hydrogens is 353 g/mol. The van der Waals surface area contributed by atoms with Gasteiger partial charge in [-0.05, 0) is 48.9 Å². The zero-order chi connectivity index (χ0) is 17.6. The Morgan fingerprint density at radius 3 is 2.28 bits per heavy atom. The van der Waals surface area contributed by atoms with Crippen LogP contribution in [0.1, 0.15) is 16.7 Å². The molecule has 0 amide bonds. The third-order valence-electron chi connectivity index (χ3n) is 3.89. The van der Waals surface area contributed by atoms with Crippen molar-refractivity contribution < 1.29 is 4.74 Å². The first-order valence-electron chi connectivity index (χ1n) is 8.07. The van der Waals surface area contributed by atoms with Gasteiger partial charge in [0.2, 0.25) is 0 Å². The molecule has 0 bridgehead atoms. The van der Waals surface area contributed by atoms with Crippen molar-refractivity contribution in [3.63, 3.8) is 0 Å². The van der Waals surface area contributed by atoms with Crippen LogP contribution in [0, 0.1) is 6.92 Å². The topological polar surface area (TPSA) is 21.3 Å². The second-order valence-electron chi connectivity index (χ2n) is 5.86. The van der Waals surface area contributed by atoms with Gasteiger partial charge in [-0.25, -0.2) is 0 Å². The predicted octanol–water partition coefficient (Wildman–Crippen LogP) is 6.49. The van der Waals surface area contributed by atoms with E-state index in [0.717, 1.165) is 29.1 Å². The Bertz CT molecular complexity index is 827. The van der Waals surface area contributed by atoms with Gasteiger partial charge in [0.15, 0.2) is 0 Å². The van der Waals surface area contributed by atoms with Crippen molar-refractivity contribution >= 4 is 28.9 Å². The van der Waals surface area contributed by atoms with Crippen molar-refractivity contribution in [1.29, 1.82) is 0 Å². The molecule has 3 rings (SSSR count). The first-order valence-corrected chi connectivity index (χ1v) is 8.82. The Balaban J connectivity index is 1.62. The van der Waals surface area contributed by atoms with Gasteiger partial charge in [0.1, 0.15) is 12.4 Å². The Labute approximate surface area is 158 Å². The van der Waals surface area contributed by atoms with Gasteiger partial charge in [0, 0.05) is 27.8 Å². The van der Waals surface area contributed by atoms with Gasteiger partial charge in [0.05, 0.1) is 0 Å². The fraction of sp³-hybridized carbons (Fsp3) is 0.143. The molecule has 0 unspecified atom stereocenters. The number of nitrogens with one attached hydrogen (secondary N) is 1. The molecule has 0 radical (unpaired) electrons. The van der Waals surface area contributed by atoms with Crippen LogP contribution in [0.3, 0.4) is 0 Å². The van der Waals surface area contributed by atoms with Gasteiger partial charge in [-0.3, -0.25) is 0 Å². The third-order valence-corrected chi connectivity index (χ3v) is 4.60. The van der Waals surface area contributed by atoms with E-state index in [1.54, 1.807) is 0 Å². The van der Waals surface area contributed by atoms with Crippen LogP contribution in [-0.2, 0) is 13.2 Å². The van der Waals surface area contributed by atoms with Crippen molar-refractivity contribution in [2.75, 3.05) is 5.32 Å². The lowest BCUT2D eigenvalue weighted by molar-refractivity contribution is 0.306. The second-order valence-corrected chi connectivity index (χ2v) is 6.67. The van der Waals surface area contributed by atoms with E-state index in [1.165, 1.54) is 5.56 Å². The van der Waals surface area contributed by atoms with Crippen LogP contribution in [0.5, 0.6) is 5.75 Å². The molecule has 0 aliphatic rings. The Hall–Kier alpha value is -2.16. The average Bonchev–Trinajstić information content (AvgIpc) is 2.61. The van der Waals surface area contributed by atoms with Gasteiger partial charge < -0.3 is 10.1 Å². The maximum absolute atomic E-state index is 6.18. The van der Waals surface area contributed by atoms with E-state index in [2.05, 4.69) is 42.6 Å². The molecule has 0 aromatic heterocycles. The van der Waals surface area contributed by atoms with Crippen LogP contribution in [0.2, 0.25) is 10.0 Å². The van der Waals surface area contributed by atoms with Gasteiger partial charge in [-0.15, -0.1) is 0 Å². The van der Waals surface area contributed by atoms with E-state index in [1.807, 2.05) is 36.4 Å². The largest absolute Gasteiger partial charge is 0.489 e. The highest BCUT2D eigenvalue weighted by atomic mass is 35.5. The van der Waals surface area contributed by atoms with Gasteiger partial charge in [-0.1, -0.05) is 59.1 Å². The quantitative estimate of drug-likeness (QED) is 0.534. The highest BCUT2D eigenvalue weighted by Crippen LogP contribution is 2.26. The fourth-order valence-electron chi connectivity index (χ4n) is 2.45. The molecule has 1 N–H and O–H groups in total. The lowest BCUT2D eigenvalue weighted by Crippen LogP contribution is -2.01. The van der Waals surface area contributed by atoms with Crippen LogP contribution in [0.4, 0.5) is 5.69 Å². The summed E-state index contributed by atoms with van der Waals surface area (Å²) in [6.45, 7) is 3.15. The van der Waals surface area contributed by atoms with Crippen molar-refractivity contribution in [2.24, 2.45) is 0 Å². The molecule has 25 heavy (non-hydrogen) atoms. The van der Waals surface area contributed by atoms with Gasteiger partial charge >= 0.3 is 0 Å². The number of hydrogen-bond donors (Lipinski definition) is 1. The fourth-order valence-corrected chi connectivity index (χ4v) is 2.95. The SMILES string of the molecule is Cc1ccc(NCc2cccc(OCc3c(Cl)cccc3Cl)c2)cc1. The average molecular weight is 372 g/mol. The lowest BCUT2D eigenvalue weighted by atomic mass is 10.2. The van der Waals surface area contributed by atoms with Gasteiger partial charge in [-0.2, -0.15) is 0 Å². The number of ether oxygens (including phenoxy) is 1. The molecule has 3 aromatic rings. The van der Waals surface area contributed by atoms with Crippen LogP contribution < -0.4 is 10.1 Å². The maximum atomic E-state index is 6.18. The molecule has 0 aliphatic heterocycles. The summed E-state index contributed by atoms with van der Waals surface area (Å²) in [6.07, 6.45) is 0. The number of anilines is 1. The molecule has 0 saturated heterocycles. The van der Waals surface area contributed by atoms with E-state index >= 15 is 0 Å². The number of halogens is 2. The minimum atomic E-state index is 0.341. The Morgan fingerprint density at radius 1 is 0.880 bits per heavy atom. The first-order chi connectivity index (χ1) is 12.1. The summed E-state index contributed by atoms with van der Waals surface area (Å²) in [7, 11) is 0. The van der Waals surface area contributed by atoms with Crippen LogP contribution in [0.25, 0.3) is 0 Å². The number of aryl methyl sites for hydroxylation is 1. The summed E-state index contributed by atoms with van der Waals surface area (Å²) < 4.78 is 5.87. The molecule has 0 atom stereocenters. The Kier molecular flexibility index (Phi) is 5.85. The highest BCUT2D eigenvalue weighted by Gasteiger charge is 2.06. The molecule has 128 valence electrons. The third kappa shape index (κ3) is 4.91. The Morgan fingerprint density at radius 2 is 1.56 bits per heavy atom. The van der Waals surface area contributed by atoms with Crippen molar-refractivity contribution in [3.05, 3.63) is 93.5 Å². The summed E-state index contributed by atoms with van der Waals surface area (Å²) in [5.74, 6) is 0.791. The lowest BCUT2D eigenvalue weighted by Gasteiger charge is -2.11. The van der Waals surface area contributed by atoms with Crippen LogP contribution >= 0.6 is 23.2 Å². The molecule has 0 saturated carbocycles. The molecule has 4 heteroatoms. The monoisotopic (exact) mass is 371 g/mol. The molecule has 3 aromatic carbocycles. The first kappa shape index (κ1) is 17.7. The number of hydrogen-bond acceptors (Lipinski definition) is 2. The summed E-state index contributed by atoms with van der Waals surface area (Å²) in [6, 6.07) is 21.8. The molecule has 0 fully saturated rings. The second kappa shape index (κ2) is 8.28. The highest BCUT2D eigenvalue weighted by molar-refractivity contribution is 6.35. The summed E-state index contributed by atoms with van der Waals surface area (Å²) in [4.78, 5) is 0. The number of rotatable bonds is 6. The van der Waals surface area contributed by atoms with Crippen molar-refractivity contribution in [2.45, 2.75) is 20.1 Å². The van der Waals surface area contributed by atoms with E-state index in [9.17, 15) is 0 Å². The molecule has 2 nitrogen and oxygen atoms in total. The summed E-state index contributed by atoms with van der Waals surface area (Å²) in [5, 5.41) is 4.64. The standard InChI is InChI=1S/C21H19Cl2NO/c1-15-8-10-17(11-9-15)24-13-16-4-2-5-18(12-16)25-14-19-20(22)6-3-7-21(19)23/h2-12,24H,13-14H2,1H3. The maximum Gasteiger partial charge on any atom is 0.120 e. The zero-order valence-corrected chi connectivity index (χ0v) is 15.4. The molecule has 0 aliphatic carbocycles. The van der Waals surface area contributed by atoms with E-state index < -0.39 is 0 Å². The zero-order valence-electron chi connectivity index (χ0n) is 13.9. The number of benzene rings is 3. The van der Waals surface area contributed by atoms with E-state index in [4.69, 9.17) is 27.9 Å². The molecular formula is C21H19Cl2NO. The summed E-state index contributed by atoms with van der Waals surface area (Å²) in [5.41, 5.74) is 4.29. The van der Waals surface area contributed by atoms with Crippen LogP contribution in [0.15, 0.2) is 66.7 Å². The molecule has 0 heterocycles. The van der Waals surface area contributed by atoms with Crippen molar-refractivity contribution in [1.82, 2.24) is 0 Å². The minimum Gasteiger partial charge on any atom is -0.489 e. The minimum absolute atomic E-state index is 0.341. The summed E-state index contributed by atoms with van der Waals surface area (Å²) >= 11 is 12.4. The van der Waals surface area contributed by atoms with E-state index in [0.29, 0.717) is 16.7 Å². The van der Waals surface area contributed by atoms with Crippen molar-refractivity contribution in [3.8, 4) is 5.75 Å². The smallest absolute Gasteiger partial charge is 0.120 e. The normalized spacial score (nSPS) is 10.5. The van der Waals surface area contributed by atoms with Crippen LogP contribution in [-0.4, -0.2) is 0 Å². The van der Waals surface area contributed by atoms with Gasteiger partial charge in [0.25, 0.3) is 0 Å². The van der Waals surface area contributed by atoms with E-state index in [-0.39, 0.29) is 0 Å². The molecule has 0 spiro atoms. The predicted molar refractivity (Wildman–Crippen MR) is 106 cm³/mol.